The maximum Gasteiger partial charge on any atom is 0.427 e. The normalized spacial score (nSPS) is 20.0. The first-order valence-corrected chi connectivity index (χ1v) is 9.29. The van der Waals surface area contributed by atoms with Gasteiger partial charge in [0.05, 0.1) is 18.7 Å². The minimum atomic E-state index is -4.70. The highest BCUT2D eigenvalue weighted by Crippen LogP contribution is 2.43. The Labute approximate surface area is 165 Å². The van der Waals surface area contributed by atoms with Gasteiger partial charge in [-0.15, -0.1) is 0 Å². The van der Waals surface area contributed by atoms with E-state index in [-0.39, 0.29) is 24.1 Å². The molecule has 3 N–H and O–H groups in total. The van der Waals surface area contributed by atoms with Crippen molar-refractivity contribution in [2.45, 2.75) is 51.0 Å². The number of carbonyl (C=O) groups is 2. The summed E-state index contributed by atoms with van der Waals surface area (Å²) in [5.74, 6) is -0.124. The van der Waals surface area contributed by atoms with Gasteiger partial charge in [0, 0.05) is 11.6 Å². The Balaban J connectivity index is 1.64. The number of amides is 1. The molecular weight excluding hydrogens is 393 g/mol. The molecule has 3 rings (SSSR count). The largest absolute Gasteiger partial charge is 0.486 e. The molecule has 1 aromatic rings. The molecule has 0 unspecified atom stereocenters. The summed E-state index contributed by atoms with van der Waals surface area (Å²) in [5, 5.41) is 14.6. The van der Waals surface area contributed by atoms with Crippen LogP contribution in [-0.4, -0.2) is 41.6 Å². The predicted molar refractivity (Wildman–Crippen MR) is 98.1 cm³/mol. The fraction of sp³-hybridized carbons (Fsp3) is 0.579. The lowest BCUT2D eigenvalue weighted by atomic mass is 9.92. The van der Waals surface area contributed by atoms with Crippen LogP contribution in [0.1, 0.15) is 33.1 Å². The van der Waals surface area contributed by atoms with Crippen LogP contribution in [0.2, 0.25) is 0 Å². The van der Waals surface area contributed by atoms with Crippen molar-refractivity contribution in [3.05, 3.63) is 18.2 Å². The molecule has 1 heterocycles. The number of carbonyl (C=O) groups excluding carboxylic acids is 1. The van der Waals surface area contributed by atoms with E-state index in [0.29, 0.717) is 23.9 Å². The van der Waals surface area contributed by atoms with E-state index < -0.39 is 23.8 Å². The van der Waals surface area contributed by atoms with Gasteiger partial charge in [-0.2, -0.15) is 13.2 Å². The number of nitrogens with one attached hydrogen (secondary N) is 2. The van der Waals surface area contributed by atoms with E-state index in [1.165, 1.54) is 12.1 Å². The number of halogens is 3. The number of rotatable bonds is 6. The van der Waals surface area contributed by atoms with E-state index in [0.717, 1.165) is 26.7 Å². The first kappa shape index (κ1) is 21.1. The second-order valence-electron chi connectivity index (χ2n) is 7.87. The number of anilines is 2. The average Bonchev–Trinajstić information content (AvgIpc) is 3.42. The molecule has 0 radical (unpaired) electrons. The Hall–Kier alpha value is -2.65. The zero-order valence-corrected chi connectivity index (χ0v) is 16.0. The van der Waals surface area contributed by atoms with Crippen molar-refractivity contribution in [3.8, 4) is 5.75 Å². The molecule has 0 spiro atoms. The van der Waals surface area contributed by atoms with Gasteiger partial charge in [0.1, 0.15) is 11.9 Å². The molecule has 2 aliphatic rings. The highest BCUT2D eigenvalue weighted by Gasteiger charge is 2.51. The van der Waals surface area contributed by atoms with Crippen LogP contribution < -0.4 is 15.4 Å². The lowest BCUT2D eigenvalue weighted by molar-refractivity contribution is -0.242. The highest BCUT2D eigenvalue weighted by molar-refractivity contribution is 5.86. The van der Waals surface area contributed by atoms with Crippen molar-refractivity contribution in [1.29, 1.82) is 0 Å². The summed E-state index contributed by atoms with van der Waals surface area (Å²) in [6, 6.07) is 4.58. The van der Waals surface area contributed by atoms with Crippen molar-refractivity contribution in [3.63, 3.8) is 0 Å². The maximum atomic E-state index is 12.8. The summed E-state index contributed by atoms with van der Waals surface area (Å²) in [5.41, 5.74) is -1.83. The monoisotopic (exact) mass is 416 g/mol. The number of carboxylic acids is 1. The first-order chi connectivity index (χ1) is 13.5. The van der Waals surface area contributed by atoms with Gasteiger partial charge in [0.2, 0.25) is 5.60 Å². The Morgan fingerprint density at radius 3 is 2.62 bits per heavy atom. The number of alkyl halides is 3. The molecule has 0 aromatic heterocycles. The number of fused-ring (bicyclic) bond motifs is 1. The van der Waals surface area contributed by atoms with E-state index in [9.17, 15) is 22.8 Å². The van der Waals surface area contributed by atoms with Gasteiger partial charge in [0.15, 0.2) is 0 Å². The lowest BCUT2D eigenvalue weighted by Crippen LogP contribution is -2.44. The molecule has 1 aliphatic carbocycles. The third kappa shape index (κ3) is 5.04. The van der Waals surface area contributed by atoms with E-state index in [1.807, 2.05) is 0 Å². The van der Waals surface area contributed by atoms with Crippen molar-refractivity contribution < 1.29 is 37.3 Å². The molecule has 0 bridgehead atoms. The molecule has 1 saturated carbocycles. The highest BCUT2D eigenvalue weighted by atomic mass is 19.4. The van der Waals surface area contributed by atoms with Gasteiger partial charge in [-0.05, 0) is 50.8 Å². The lowest BCUT2D eigenvalue weighted by Gasteiger charge is -2.33. The fourth-order valence-electron chi connectivity index (χ4n) is 3.26. The van der Waals surface area contributed by atoms with Gasteiger partial charge in [-0.3, -0.25) is 10.1 Å². The predicted octanol–water partition coefficient (Wildman–Crippen LogP) is 4.25. The quantitative estimate of drug-likeness (QED) is 0.642. The molecule has 7 nitrogen and oxygen atoms in total. The number of ether oxygens (including phenoxy) is 2. The summed E-state index contributed by atoms with van der Waals surface area (Å²) >= 11 is 0. The zero-order valence-electron chi connectivity index (χ0n) is 16.0. The Morgan fingerprint density at radius 2 is 2.03 bits per heavy atom. The van der Waals surface area contributed by atoms with E-state index >= 15 is 0 Å². The second-order valence-corrected chi connectivity index (χ2v) is 7.87. The minimum Gasteiger partial charge on any atom is -0.486 e. The Kier molecular flexibility index (Phi) is 5.55. The van der Waals surface area contributed by atoms with Crippen LogP contribution >= 0.6 is 0 Å². The minimum absolute atomic E-state index is 0.0345. The van der Waals surface area contributed by atoms with Gasteiger partial charge in [0.25, 0.3) is 0 Å². The van der Waals surface area contributed by atoms with Gasteiger partial charge in [-0.1, -0.05) is 0 Å². The van der Waals surface area contributed by atoms with Crippen LogP contribution in [0.25, 0.3) is 0 Å². The SMILES string of the molecule is CC(C)(OC(=O)Nc1ccc2c(c1)NC[C@H]([C@H](CC(=O)O)C1CC1)O2)C(F)(F)F. The molecule has 0 saturated heterocycles. The third-order valence-electron chi connectivity index (χ3n) is 5.14. The van der Waals surface area contributed by atoms with E-state index in [2.05, 4.69) is 15.4 Å². The first-order valence-electron chi connectivity index (χ1n) is 9.29. The summed E-state index contributed by atoms with van der Waals surface area (Å²) in [7, 11) is 0. The fourth-order valence-corrected chi connectivity index (χ4v) is 3.26. The van der Waals surface area contributed by atoms with Crippen LogP contribution in [0.4, 0.5) is 29.3 Å². The average molecular weight is 416 g/mol. The molecule has 2 atom stereocenters. The number of benzene rings is 1. The van der Waals surface area contributed by atoms with Crippen LogP contribution in [0.5, 0.6) is 5.75 Å². The van der Waals surface area contributed by atoms with Crippen LogP contribution in [0.15, 0.2) is 18.2 Å². The number of hydrogen-bond donors (Lipinski definition) is 3. The molecule has 29 heavy (non-hydrogen) atoms. The molecule has 1 amide bonds. The second kappa shape index (κ2) is 7.64. The van der Waals surface area contributed by atoms with Crippen molar-refractivity contribution >= 4 is 23.4 Å². The zero-order chi connectivity index (χ0) is 21.4. The molecular formula is C19H23F3N2O5. The standard InChI is InChI=1S/C19H23F3N2O5/c1-18(2,19(20,21)22)29-17(27)24-11-5-6-14-13(7-11)23-9-15(28-14)12(8-16(25)26)10-3-4-10/h5-7,10,12,15,23H,3-4,8-9H2,1-2H3,(H,24,27)(H,25,26)/t12-,15-/m1/s1. The summed E-state index contributed by atoms with van der Waals surface area (Å²) in [6.07, 6.45) is -4.20. The Morgan fingerprint density at radius 1 is 1.34 bits per heavy atom. The van der Waals surface area contributed by atoms with Crippen molar-refractivity contribution in [2.75, 3.05) is 17.2 Å². The third-order valence-corrected chi connectivity index (χ3v) is 5.14. The molecule has 10 heteroatoms. The van der Waals surface area contributed by atoms with Gasteiger partial charge in [-0.25, -0.2) is 4.79 Å². The van der Waals surface area contributed by atoms with Gasteiger partial charge >= 0.3 is 18.2 Å². The van der Waals surface area contributed by atoms with Crippen LogP contribution in [0.3, 0.4) is 0 Å². The van der Waals surface area contributed by atoms with Crippen LogP contribution in [0, 0.1) is 11.8 Å². The number of aliphatic carboxylic acids is 1. The molecule has 1 fully saturated rings. The summed E-state index contributed by atoms with van der Waals surface area (Å²) in [4.78, 5) is 23.0. The number of carboxylic acid groups (broad SMARTS) is 1. The maximum absolute atomic E-state index is 12.8. The topological polar surface area (TPSA) is 96.9 Å². The van der Waals surface area contributed by atoms with Gasteiger partial charge < -0.3 is 19.9 Å². The Bertz CT molecular complexity index is 793. The van der Waals surface area contributed by atoms with Crippen molar-refractivity contribution in [1.82, 2.24) is 0 Å². The summed E-state index contributed by atoms with van der Waals surface area (Å²) < 4.78 is 48.9. The molecule has 1 aromatic carbocycles. The molecule has 1 aliphatic heterocycles. The summed E-state index contributed by atoms with van der Waals surface area (Å²) in [6.45, 7) is 1.93. The number of hydrogen-bond acceptors (Lipinski definition) is 5. The van der Waals surface area contributed by atoms with Crippen LogP contribution in [-0.2, 0) is 9.53 Å². The van der Waals surface area contributed by atoms with E-state index in [1.54, 1.807) is 6.07 Å². The molecule has 160 valence electrons. The van der Waals surface area contributed by atoms with Crippen molar-refractivity contribution in [2.24, 2.45) is 11.8 Å². The van der Waals surface area contributed by atoms with E-state index in [4.69, 9.17) is 9.84 Å². The smallest absolute Gasteiger partial charge is 0.427 e.